The topological polar surface area (TPSA) is 91.7 Å². The van der Waals surface area contributed by atoms with Crippen molar-refractivity contribution in [2.24, 2.45) is 0 Å². The molecule has 1 amide bonds. The van der Waals surface area contributed by atoms with E-state index in [0.717, 1.165) is 72.6 Å². The quantitative estimate of drug-likeness (QED) is 0.344. The van der Waals surface area contributed by atoms with Crippen LogP contribution in [0.3, 0.4) is 0 Å². The number of hydrogen-bond acceptors (Lipinski definition) is 6. The maximum Gasteiger partial charge on any atom is 0.246 e. The number of amides is 1. The van der Waals surface area contributed by atoms with E-state index in [0.29, 0.717) is 11.6 Å². The summed E-state index contributed by atoms with van der Waals surface area (Å²) in [5.41, 5.74) is 6.38. The number of fused-ring (bicyclic) bond motifs is 1. The number of carbonyl (C=O) groups excluding carboxylic acids is 1. The molecule has 2 aliphatic heterocycles. The van der Waals surface area contributed by atoms with Crippen LogP contribution < -0.4 is 4.90 Å². The summed E-state index contributed by atoms with van der Waals surface area (Å²) >= 11 is 0. The van der Waals surface area contributed by atoms with Crippen LogP contribution in [0, 0.1) is 11.3 Å². The SMILES string of the molecule is C=CC(=O)N1[C@H](C)CN(c2ccc(-c3cc(-c4cnn(C5CCOCC5)c4)cn4ncc(C#N)c34)cc2)C[C@@H]1C. The molecule has 0 saturated carbocycles. The molecule has 6 rings (SSSR count). The maximum absolute atomic E-state index is 12.3. The standard InChI is InChI=1S/C31H33N7O2/c1-4-30(39)38-21(2)17-35(18-22(38)3)27-7-5-23(6-8-27)29-13-24(19-37-31(29)25(14-32)15-34-37)26-16-33-36(20-26)28-9-11-40-12-10-28/h4-8,13,15-16,19-22,28H,1,9-12,17-18H2,2-3H3/t21-,22+. The van der Waals surface area contributed by atoms with Crippen LogP contribution in [-0.4, -0.2) is 68.6 Å². The van der Waals surface area contributed by atoms with E-state index < -0.39 is 0 Å². The summed E-state index contributed by atoms with van der Waals surface area (Å²) in [6.07, 6.45) is 10.9. The molecule has 2 fully saturated rings. The van der Waals surface area contributed by atoms with Gasteiger partial charge in [0.25, 0.3) is 0 Å². The number of nitrogens with zero attached hydrogens (tertiary/aromatic N) is 7. The first-order valence-electron chi connectivity index (χ1n) is 13.8. The highest BCUT2D eigenvalue weighted by Gasteiger charge is 2.31. The summed E-state index contributed by atoms with van der Waals surface area (Å²) in [5.74, 6) is -0.0219. The molecule has 0 spiro atoms. The van der Waals surface area contributed by atoms with Crippen molar-refractivity contribution in [3.05, 3.63) is 73.3 Å². The Bertz CT molecular complexity index is 1580. The molecule has 0 radical (unpaired) electrons. The lowest BCUT2D eigenvalue weighted by Crippen LogP contribution is -2.58. The molecule has 0 bridgehead atoms. The monoisotopic (exact) mass is 535 g/mol. The molecule has 2 saturated heterocycles. The van der Waals surface area contributed by atoms with Gasteiger partial charge in [-0.15, -0.1) is 0 Å². The summed E-state index contributed by atoms with van der Waals surface area (Å²) in [4.78, 5) is 16.6. The first kappa shape index (κ1) is 25.8. The molecular weight excluding hydrogens is 502 g/mol. The van der Waals surface area contributed by atoms with E-state index in [9.17, 15) is 10.1 Å². The van der Waals surface area contributed by atoms with Crippen molar-refractivity contribution in [3.8, 4) is 28.3 Å². The predicted molar refractivity (Wildman–Crippen MR) is 154 cm³/mol. The van der Waals surface area contributed by atoms with Crippen LogP contribution in [0.25, 0.3) is 27.8 Å². The fourth-order valence-corrected chi connectivity index (χ4v) is 6.14. The van der Waals surface area contributed by atoms with E-state index in [1.54, 1.807) is 10.7 Å². The number of nitriles is 1. The summed E-state index contributed by atoms with van der Waals surface area (Å²) < 4.78 is 9.35. The molecule has 5 heterocycles. The number of benzene rings is 1. The van der Waals surface area contributed by atoms with Gasteiger partial charge in [0, 0.05) is 73.2 Å². The van der Waals surface area contributed by atoms with Crippen molar-refractivity contribution in [1.29, 1.82) is 5.26 Å². The Kier molecular flexibility index (Phi) is 6.86. The van der Waals surface area contributed by atoms with Gasteiger partial charge in [0.05, 0.1) is 29.5 Å². The second-order valence-electron chi connectivity index (χ2n) is 10.8. The maximum atomic E-state index is 12.3. The molecule has 2 aliphatic rings. The van der Waals surface area contributed by atoms with Gasteiger partial charge in [0.1, 0.15) is 6.07 Å². The van der Waals surface area contributed by atoms with Crippen molar-refractivity contribution in [2.45, 2.75) is 44.8 Å². The Morgan fingerprint density at radius 1 is 1.02 bits per heavy atom. The van der Waals surface area contributed by atoms with Crippen LogP contribution in [0.2, 0.25) is 0 Å². The third kappa shape index (κ3) is 4.65. The first-order valence-corrected chi connectivity index (χ1v) is 13.8. The van der Waals surface area contributed by atoms with Crippen LogP contribution in [0.15, 0.2) is 67.8 Å². The van der Waals surface area contributed by atoms with E-state index in [2.05, 4.69) is 78.1 Å². The van der Waals surface area contributed by atoms with Gasteiger partial charge in [-0.1, -0.05) is 18.7 Å². The zero-order valence-electron chi connectivity index (χ0n) is 22.9. The number of anilines is 1. The van der Waals surface area contributed by atoms with Crippen molar-refractivity contribution in [1.82, 2.24) is 24.3 Å². The van der Waals surface area contributed by atoms with E-state index in [4.69, 9.17) is 4.74 Å². The molecule has 204 valence electrons. The van der Waals surface area contributed by atoms with Crippen LogP contribution in [-0.2, 0) is 9.53 Å². The molecule has 40 heavy (non-hydrogen) atoms. The van der Waals surface area contributed by atoms with E-state index in [1.807, 2.05) is 22.0 Å². The Hall–Kier alpha value is -4.42. The lowest BCUT2D eigenvalue weighted by Gasteiger charge is -2.45. The molecule has 4 aromatic rings. The molecule has 1 aromatic carbocycles. The van der Waals surface area contributed by atoms with Gasteiger partial charge < -0.3 is 14.5 Å². The Labute approximate surface area is 233 Å². The van der Waals surface area contributed by atoms with Gasteiger partial charge in [0.15, 0.2) is 0 Å². The van der Waals surface area contributed by atoms with E-state index in [1.165, 1.54) is 6.08 Å². The Morgan fingerprint density at radius 3 is 2.42 bits per heavy atom. The second-order valence-corrected chi connectivity index (χ2v) is 10.8. The third-order valence-electron chi connectivity index (χ3n) is 8.12. The van der Waals surface area contributed by atoms with Crippen molar-refractivity contribution >= 4 is 17.1 Å². The minimum atomic E-state index is -0.0219. The van der Waals surface area contributed by atoms with Gasteiger partial charge >= 0.3 is 0 Å². The second kappa shape index (κ2) is 10.6. The number of aromatic nitrogens is 4. The Balaban J connectivity index is 1.32. The smallest absolute Gasteiger partial charge is 0.246 e. The molecule has 0 N–H and O–H groups in total. The Morgan fingerprint density at radius 2 is 1.75 bits per heavy atom. The fraction of sp³-hybridized carbons (Fsp3) is 0.355. The molecule has 2 atom stereocenters. The van der Waals surface area contributed by atoms with E-state index >= 15 is 0 Å². The van der Waals surface area contributed by atoms with Gasteiger partial charge in [-0.3, -0.25) is 9.48 Å². The average Bonchev–Trinajstić information content (AvgIpc) is 3.64. The van der Waals surface area contributed by atoms with Crippen LogP contribution >= 0.6 is 0 Å². The number of carbonyl (C=O) groups is 1. The number of pyridine rings is 1. The molecule has 9 nitrogen and oxygen atoms in total. The zero-order valence-corrected chi connectivity index (χ0v) is 22.9. The largest absolute Gasteiger partial charge is 0.381 e. The normalized spacial score (nSPS) is 20.0. The average molecular weight is 536 g/mol. The highest BCUT2D eigenvalue weighted by atomic mass is 16.5. The van der Waals surface area contributed by atoms with Crippen molar-refractivity contribution in [2.75, 3.05) is 31.2 Å². The highest BCUT2D eigenvalue weighted by molar-refractivity contribution is 5.89. The summed E-state index contributed by atoms with van der Waals surface area (Å²) in [6, 6.07) is 13.4. The first-order chi connectivity index (χ1) is 19.5. The lowest BCUT2D eigenvalue weighted by atomic mass is 9.99. The van der Waals surface area contributed by atoms with Crippen molar-refractivity contribution < 1.29 is 9.53 Å². The highest BCUT2D eigenvalue weighted by Crippen LogP contribution is 2.34. The van der Waals surface area contributed by atoms with Gasteiger partial charge in [-0.2, -0.15) is 15.5 Å². The predicted octanol–water partition coefficient (Wildman–Crippen LogP) is 4.70. The summed E-state index contributed by atoms with van der Waals surface area (Å²) in [7, 11) is 0. The van der Waals surface area contributed by atoms with Gasteiger partial charge in [0.2, 0.25) is 5.91 Å². The summed E-state index contributed by atoms with van der Waals surface area (Å²) in [6.45, 7) is 10.8. The molecule has 0 aliphatic carbocycles. The minimum absolute atomic E-state index is 0.0219. The molecular formula is C31H33N7O2. The van der Waals surface area contributed by atoms with Crippen LogP contribution in [0.1, 0.15) is 38.3 Å². The fourth-order valence-electron chi connectivity index (χ4n) is 6.14. The number of rotatable bonds is 5. The van der Waals surface area contributed by atoms with Crippen LogP contribution in [0.4, 0.5) is 5.69 Å². The number of piperazine rings is 1. The van der Waals surface area contributed by atoms with Crippen molar-refractivity contribution in [3.63, 3.8) is 0 Å². The molecule has 9 heteroatoms. The molecule has 0 unspecified atom stereocenters. The van der Waals surface area contributed by atoms with Gasteiger partial charge in [-0.05, 0) is 56.5 Å². The third-order valence-corrected chi connectivity index (χ3v) is 8.12. The van der Waals surface area contributed by atoms with Gasteiger partial charge in [-0.25, -0.2) is 4.52 Å². The minimum Gasteiger partial charge on any atom is -0.381 e. The number of ether oxygens (including phenoxy) is 1. The number of hydrogen-bond donors (Lipinski definition) is 0. The lowest BCUT2D eigenvalue weighted by molar-refractivity contribution is -0.130. The molecule has 3 aromatic heterocycles. The zero-order chi connectivity index (χ0) is 27.8. The van der Waals surface area contributed by atoms with Crippen LogP contribution in [0.5, 0.6) is 0 Å². The summed E-state index contributed by atoms with van der Waals surface area (Å²) in [5, 5.41) is 19.0. The van der Waals surface area contributed by atoms with E-state index in [-0.39, 0.29) is 18.0 Å².